The minimum Gasteiger partial charge on any atom is -0.497 e. The molecule has 2 atom stereocenters. The van der Waals surface area contributed by atoms with Crippen LogP contribution in [0.5, 0.6) is 5.75 Å². The summed E-state index contributed by atoms with van der Waals surface area (Å²) in [5, 5.41) is 11.2. The molecule has 3 amide bonds. The number of anilines is 1. The standard InChI is InChI=1S/C35H39N7O5S/c1-22(2)42(35(45)38-17-23-7-10-28(46-3)11-8-23)40-20-32(44)41(27(21-43)16-24-9-12-29-25(15-24)13-14-47-29)31(40)19-37-18-26-5-4-6-30-33(26)39-34(36)48-30/h4-15,21-22,27,31,37H,16-20H2,1-3H3,(H2,36,39)(H,38,45)/t27?,31-/m1/s1. The fourth-order valence-corrected chi connectivity index (χ4v) is 6.99. The molecular formula is C35H39N7O5S. The number of aldehydes is 1. The Morgan fingerprint density at radius 1 is 1.15 bits per heavy atom. The third-order valence-electron chi connectivity index (χ3n) is 8.46. The maximum atomic E-state index is 13.8. The molecule has 250 valence electrons. The Bertz CT molecular complexity index is 1910. The molecule has 13 heteroatoms. The fourth-order valence-electron chi connectivity index (χ4n) is 6.21. The van der Waals surface area contributed by atoms with E-state index in [2.05, 4.69) is 15.6 Å². The van der Waals surface area contributed by atoms with E-state index in [1.807, 2.05) is 80.6 Å². The molecule has 1 aliphatic heterocycles. The highest BCUT2D eigenvalue weighted by Crippen LogP contribution is 2.28. The molecule has 5 aromatic rings. The Morgan fingerprint density at radius 2 is 1.94 bits per heavy atom. The van der Waals surface area contributed by atoms with Crippen LogP contribution in [0, 0.1) is 0 Å². The Morgan fingerprint density at radius 3 is 2.69 bits per heavy atom. The van der Waals surface area contributed by atoms with Crippen LogP contribution in [-0.2, 0) is 29.1 Å². The molecule has 1 saturated heterocycles. The van der Waals surface area contributed by atoms with E-state index >= 15 is 0 Å². The van der Waals surface area contributed by atoms with Gasteiger partial charge in [-0.1, -0.05) is 41.7 Å². The first-order chi connectivity index (χ1) is 23.2. The molecule has 4 N–H and O–H groups in total. The topological polar surface area (TPSA) is 146 Å². The van der Waals surface area contributed by atoms with E-state index in [0.29, 0.717) is 18.1 Å². The number of fused-ring (bicyclic) bond motifs is 2. The Kier molecular flexibility index (Phi) is 9.90. The molecule has 12 nitrogen and oxygen atoms in total. The molecule has 0 bridgehead atoms. The van der Waals surface area contributed by atoms with Crippen LogP contribution in [0.4, 0.5) is 9.93 Å². The lowest BCUT2D eigenvalue weighted by Gasteiger charge is -2.40. The van der Waals surface area contributed by atoms with Gasteiger partial charge in [-0.25, -0.2) is 9.78 Å². The Balaban J connectivity index is 1.25. The van der Waals surface area contributed by atoms with Gasteiger partial charge in [0.15, 0.2) is 5.13 Å². The number of hydrazine groups is 1. The first kappa shape index (κ1) is 32.9. The van der Waals surface area contributed by atoms with Gasteiger partial charge in [-0.15, -0.1) is 0 Å². The zero-order valence-electron chi connectivity index (χ0n) is 27.1. The predicted octanol–water partition coefficient (Wildman–Crippen LogP) is 4.54. The number of amides is 3. The number of nitrogen functional groups attached to an aromatic ring is 1. The number of hydrogen-bond acceptors (Lipinski definition) is 10. The number of nitrogens with zero attached hydrogens (tertiary/aromatic N) is 4. The van der Waals surface area contributed by atoms with E-state index < -0.39 is 12.2 Å². The number of thiazole rings is 1. The van der Waals surface area contributed by atoms with Crippen molar-refractivity contribution in [1.29, 1.82) is 0 Å². The normalized spacial score (nSPS) is 15.8. The van der Waals surface area contributed by atoms with E-state index in [1.54, 1.807) is 28.3 Å². The van der Waals surface area contributed by atoms with Gasteiger partial charge >= 0.3 is 6.03 Å². The molecule has 0 aliphatic carbocycles. The Hall–Kier alpha value is -4.98. The summed E-state index contributed by atoms with van der Waals surface area (Å²) in [4.78, 5) is 46.5. The zero-order chi connectivity index (χ0) is 33.8. The summed E-state index contributed by atoms with van der Waals surface area (Å²) in [6, 6.07) is 19.6. The zero-order valence-corrected chi connectivity index (χ0v) is 27.9. The van der Waals surface area contributed by atoms with Gasteiger partial charge in [0.2, 0.25) is 5.91 Å². The maximum Gasteiger partial charge on any atom is 0.332 e. The lowest BCUT2D eigenvalue weighted by molar-refractivity contribution is -0.134. The largest absolute Gasteiger partial charge is 0.497 e. The van der Waals surface area contributed by atoms with Crippen LogP contribution >= 0.6 is 11.3 Å². The second-order valence-electron chi connectivity index (χ2n) is 12.0. The number of rotatable bonds is 13. The summed E-state index contributed by atoms with van der Waals surface area (Å²) >= 11 is 1.43. The number of furan rings is 1. The SMILES string of the molecule is COc1ccc(CNC(=O)N(C(C)C)N2CC(=O)N(C(C=O)Cc3ccc4occc4c3)[C@@H]2CNCc2cccc3sc(N)nc23)cc1. The summed E-state index contributed by atoms with van der Waals surface area (Å²) in [5.74, 6) is 0.482. The highest BCUT2D eigenvalue weighted by molar-refractivity contribution is 7.22. The molecule has 1 aliphatic rings. The number of benzene rings is 3. The molecule has 3 aromatic carbocycles. The maximum absolute atomic E-state index is 13.8. The quantitative estimate of drug-likeness (QED) is 0.154. The van der Waals surface area contributed by atoms with Gasteiger partial charge in [0.1, 0.15) is 23.8 Å². The van der Waals surface area contributed by atoms with Crippen LogP contribution in [0.3, 0.4) is 0 Å². The van der Waals surface area contributed by atoms with Crippen molar-refractivity contribution in [1.82, 2.24) is 30.5 Å². The smallest absolute Gasteiger partial charge is 0.332 e. The molecule has 3 heterocycles. The molecule has 0 spiro atoms. The first-order valence-electron chi connectivity index (χ1n) is 15.8. The van der Waals surface area contributed by atoms with Crippen molar-refractivity contribution in [2.75, 3.05) is 25.9 Å². The van der Waals surface area contributed by atoms with Crippen LogP contribution < -0.4 is 21.1 Å². The highest BCUT2D eigenvalue weighted by atomic mass is 32.1. The van der Waals surface area contributed by atoms with Crippen molar-refractivity contribution in [3.63, 3.8) is 0 Å². The summed E-state index contributed by atoms with van der Waals surface area (Å²) in [5.41, 5.74) is 10.3. The second kappa shape index (κ2) is 14.4. The van der Waals surface area contributed by atoms with E-state index in [0.717, 1.165) is 49.9 Å². The molecule has 48 heavy (non-hydrogen) atoms. The third kappa shape index (κ3) is 6.98. The van der Waals surface area contributed by atoms with Gasteiger partial charge < -0.3 is 35.2 Å². The number of nitrogens with one attached hydrogen (secondary N) is 2. The van der Waals surface area contributed by atoms with Gasteiger partial charge in [0.05, 0.1) is 36.2 Å². The van der Waals surface area contributed by atoms with Crippen LogP contribution in [0.25, 0.3) is 21.2 Å². The molecule has 0 saturated carbocycles. The molecule has 2 aromatic heterocycles. The molecule has 1 fully saturated rings. The number of para-hydroxylation sites is 1. The summed E-state index contributed by atoms with van der Waals surface area (Å²) in [6.45, 7) is 4.74. The fraction of sp³-hybridized carbons (Fsp3) is 0.314. The van der Waals surface area contributed by atoms with Crippen molar-refractivity contribution in [3.05, 3.63) is 89.7 Å². The van der Waals surface area contributed by atoms with Crippen LogP contribution in [0.1, 0.15) is 30.5 Å². The number of ether oxygens (including phenoxy) is 1. The van der Waals surface area contributed by atoms with Crippen molar-refractivity contribution in [2.45, 2.75) is 51.6 Å². The van der Waals surface area contributed by atoms with Crippen LogP contribution in [0.15, 0.2) is 77.4 Å². The summed E-state index contributed by atoms with van der Waals surface area (Å²) < 4.78 is 11.7. The van der Waals surface area contributed by atoms with E-state index in [4.69, 9.17) is 14.9 Å². The number of nitrogens with two attached hydrogens (primary N) is 1. The van der Waals surface area contributed by atoms with Gasteiger partial charge in [0.25, 0.3) is 0 Å². The van der Waals surface area contributed by atoms with E-state index in [9.17, 15) is 14.4 Å². The number of aromatic nitrogens is 1. The molecule has 1 unspecified atom stereocenters. The average molecular weight is 670 g/mol. The number of urea groups is 1. The van der Waals surface area contributed by atoms with Gasteiger partial charge in [0, 0.05) is 31.1 Å². The van der Waals surface area contributed by atoms with Crippen molar-refractivity contribution in [3.8, 4) is 5.75 Å². The van der Waals surface area contributed by atoms with Crippen molar-refractivity contribution >= 4 is 55.9 Å². The predicted molar refractivity (Wildman–Crippen MR) is 185 cm³/mol. The first-order valence-corrected chi connectivity index (χ1v) is 16.6. The molecule has 0 radical (unpaired) electrons. The lowest BCUT2D eigenvalue weighted by atomic mass is 10.0. The number of carbonyl (C=O) groups excluding carboxylic acids is 3. The number of hydrogen-bond donors (Lipinski definition) is 3. The van der Waals surface area contributed by atoms with Crippen molar-refractivity contribution < 1.29 is 23.5 Å². The van der Waals surface area contributed by atoms with Gasteiger partial charge in [-0.3, -0.25) is 9.80 Å². The summed E-state index contributed by atoms with van der Waals surface area (Å²) in [7, 11) is 1.60. The number of carbonyl (C=O) groups is 3. The lowest BCUT2D eigenvalue weighted by Crippen LogP contribution is -2.60. The van der Waals surface area contributed by atoms with Crippen molar-refractivity contribution in [2.24, 2.45) is 0 Å². The second-order valence-corrected chi connectivity index (χ2v) is 13.0. The summed E-state index contributed by atoms with van der Waals surface area (Å²) in [6.07, 6.45) is 2.11. The highest BCUT2D eigenvalue weighted by Gasteiger charge is 2.46. The minimum absolute atomic E-state index is 0.0657. The van der Waals surface area contributed by atoms with E-state index in [-0.39, 0.29) is 37.6 Å². The van der Waals surface area contributed by atoms with E-state index in [1.165, 1.54) is 11.3 Å². The minimum atomic E-state index is -0.767. The third-order valence-corrected chi connectivity index (χ3v) is 9.31. The van der Waals surface area contributed by atoms with Gasteiger partial charge in [-0.05, 0) is 73.4 Å². The number of methoxy groups -OCH3 is 1. The van der Waals surface area contributed by atoms with Crippen LogP contribution in [0.2, 0.25) is 0 Å². The average Bonchev–Trinajstić information content (AvgIpc) is 3.79. The molecule has 6 rings (SSSR count). The van der Waals surface area contributed by atoms with Crippen LogP contribution in [-0.4, -0.2) is 76.6 Å². The van der Waals surface area contributed by atoms with Gasteiger partial charge in [-0.2, -0.15) is 5.01 Å². The monoisotopic (exact) mass is 669 g/mol. The molecular weight excluding hydrogens is 630 g/mol. The Labute approximate surface area is 282 Å².